The van der Waals surface area contributed by atoms with E-state index in [-0.39, 0.29) is 11.3 Å². The Hall–Kier alpha value is -3.77. The van der Waals surface area contributed by atoms with Crippen LogP contribution in [0.5, 0.6) is 5.75 Å². The average molecular weight is 464 g/mol. The van der Waals surface area contributed by atoms with E-state index in [2.05, 4.69) is 26.3 Å². The number of methoxy groups -OCH3 is 2. The first-order valence-corrected chi connectivity index (χ1v) is 11.1. The Morgan fingerprint density at radius 1 is 0.879 bits per heavy atom. The molecule has 33 heavy (non-hydrogen) atoms. The maximum Gasteiger partial charge on any atom is 0.340 e. The highest BCUT2D eigenvalue weighted by atomic mass is 32.2. The van der Waals surface area contributed by atoms with Gasteiger partial charge in [0.15, 0.2) is 0 Å². The van der Waals surface area contributed by atoms with Crippen molar-refractivity contribution in [3.63, 3.8) is 0 Å². The zero-order valence-corrected chi connectivity index (χ0v) is 20.1. The summed E-state index contributed by atoms with van der Waals surface area (Å²) in [4.78, 5) is 25.6. The van der Waals surface area contributed by atoms with Crippen molar-refractivity contribution in [3.8, 4) is 5.75 Å². The highest BCUT2D eigenvalue weighted by Crippen LogP contribution is 2.32. The maximum absolute atomic E-state index is 13.2. The van der Waals surface area contributed by atoms with E-state index in [1.807, 2.05) is 30.5 Å². The van der Waals surface area contributed by atoms with E-state index in [1.165, 1.54) is 19.1 Å². The first-order chi connectivity index (χ1) is 15.9. The molecule has 2 aromatic carbocycles. The molecule has 0 spiro atoms. The molecule has 0 saturated carbocycles. The molecule has 172 valence electrons. The lowest BCUT2D eigenvalue weighted by Gasteiger charge is -2.08. The Labute approximate surface area is 199 Å². The fourth-order valence-corrected chi connectivity index (χ4v) is 3.51. The van der Waals surface area contributed by atoms with Crippen molar-refractivity contribution < 1.29 is 19.1 Å². The average Bonchev–Trinajstić information content (AvgIpc) is 3.22. The summed E-state index contributed by atoms with van der Waals surface area (Å²) in [5.74, 6) is -0.107. The number of nitrogens with zero attached hydrogens (tertiary/aromatic N) is 1. The van der Waals surface area contributed by atoms with Crippen LogP contribution < -0.4 is 4.74 Å². The Balaban J connectivity index is 0.000000591. The summed E-state index contributed by atoms with van der Waals surface area (Å²) < 4.78 is 11.8. The number of carbonyl (C=O) groups is 2. The lowest BCUT2D eigenvalue weighted by molar-refractivity contribution is 0.0599. The van der Waals surface area contributed by atoms with Crippen LogP contribution in [0.25, 0.3) is 10.9 Å². The molecule has 0 aliphatic carbocycles. The number of aromatic nitrogens is 1. The van der Waals surface area contributed by atoms with Crippen LogP contribution in [0.2, 0.25) is 0 Å². The number of para-hydroxylation sites is 1. The van der Waals surface area contributed by atoms with Crippen LogP contribution in [0.15, 0.2) is 99.2 Å². The zero-order chi connectivity index (χ0) is 24.8. The molecule has 0 aliphatic heterocycles. The Morgan fingerprint density at radius 2 is 1.42 bits per heavy atom. The molecule has 1 heterocycles. The summed E-state index contributed by atoms with van der Waals surface area (Å²) in [5, 5.41) is 0.695. The number of hydrogen-bond acceptors (Lipinski definition) is 5. The number of ketones is 1. The molecule has 3 rings (SSSR count). The number of benzene rings is 2. The van der Waals surface area contributed by atoms with Gasteiger partial charge in [0.2, 0.25) is 5.78 Å². The van der Waals surface area contributed by atoms with Gasteiger partial charge in [-0.3, -0.25) is 8.77 Å². The van der Waals surface area contributed by atoms with Crippen LogP contribution in [0.1, 0.15) is 26.4 Å². The molecule has 0 atom stereocenters. The monoisotopic (exact) mass is 463 g/mol. The molecule has 0 N–H and O–H groups in total. The van der Waals surface area contributed by atoms with E-state index >= 15 is 0 Å². The van der Waals surface area contributed by atoms with Gasteiger partial charge in [0, 0.05) is 17.2 Å². The molecule has 0 fully saturated rings. The molecule has 0 amide bonds. The lowest BCUT2D eigenvalue weighted by Crippen LogP contribution is -2.13. The van der Waals surface area contributed by atoms with Crippen molar-refractivity contribution in [2.24, 2.45) is 0 Å². The van der Waals surface area contributed by atoms with Crippen molar-refractivity contribution in [3.05, 3.63) is 116 Å². The third-order valence-corrected chi connectivity index (χ3v) is 5.05. The summed E-state index contributed by atoms with van der Waals surface area (Å²) in [6.07, 6.45) is 8.41. The first kappa shape index (κ1) is 27.3. The summed E-state index contributed by atoms with van der Waals surface area (Å²) in [7, 11) is 2.88. The van der Waals surface area contributed by atoms with Crippen LogP contribution in [0, 0.1) is 0 Å². The van der Waals surface area contributed by atoms with Crippen LogP contribution in [0.4, 0.5) is 0 Å². The molecule has 0 aliphatic rings. The van der Waals surface area contributed by atoms with Crippen molar-refractivity contribution in [2.45, 2.75) is 0 Å². The number of ether oxygens (including phenoxy) is 2. The number of carbonyl (C=O) groups excluding carboxylic acids is 2. The number of allylic oxidation sites excluding steroid dienone is 4. The van der Waals surface area contributed by atoms with Gasteiger partial charge >= 0.3 is 5.97 Å². The molecule has 1 aromatic heterocycles. The van der Waals surface area contributed by atoms with E-state index < -0.39 is 5.97 Å². The molecule has 0 bridgehead atoms. The third-order valence-electron chi connectivity index (χ3n) is 4.30. The van der Waals surface area contributed by atoms with Gasteiger partial charge in [-0.2, -0.15) is 0 Å². The predicted octanol–water partition coefficient (Wildman–Crippen LogP) is 6.51. The molecule has 3 aromatic rings. The summed E-state index contributed by atoms with van der Waals surface area (Å²) in [5.41, 5.74) is 1.87. The van der Waals surface area contributed by atoms with E-state index in [1.54, 1.807) is 59.7 Å². The van der Waals surface area contributed by atoms with E-state index in [4.69, 9.17) is 9.47 Å². The van der Waals surface area contributed by atoms with Gasteiger partial charge in [0.1, 0.15) is 11.4 Å². The van der Waals surface area contributed by atoms with Crippen LogP contribution in [-0.2, 0) is 4.74 Å². The molecular formula is C27H29NO4S. The maximum atomic E-state index is 13.2. The number of fused-ring (bicyclic) bond motifs is 1. The molecule has 5 nitrogen and oxygen atoms in total. The minimum Gasteiger partial charge on any atom is -0.497 e. The highest BCUT2D eigenvalue weighted by molar-refractivity contribution is 7.97. The first-order valence-electron chi connectivity index (χ1n) is 9.87. The highest BCUT2D eigenvalue weighted by Gasteiger charge is 2.28. The summed E-state index contributed by atoms with van der Waals surface area (Å²) in [6.45, 7) is 13.4. The summed E-state index contributed by atoms with van der Waals surface area (Å²) in [6, 6.07) is 14.2. The van der Waals surface area contributed by atoms with Crippen molar-refractivity contribution in [1.29, 1.82) is 0 Å². The molecular weight excluding hydrogens is 434 g/mol. The van der Waals surface area contributed by atoms with Crippen molar-refractivity contribution in [1.82, 2.24) is 3.97 Å². The van der Waals surface area contributed by atoms with Gasteiger partial charge in [-0.05, 0) is 42.3 Å². The van der Waals surface area contributed by atoms with Gasteiger partial charge in [0.25, 0.3) is 0 Å². The smallest absolute Gasteiger partial charge is 0.340 e. The minimum atomic E-state index is -0.527. The van der Waals surface area contributed by atoms with Gasteiger partial charge in [-0.15, -0.1) is 0 Å². The predicted molar refractivity (Wildman–Crippen MR) is 139 cm³/mol. The topological polar surface area (TPSA) is 57.5 Å². The largest absolute Gasteiger partial charge is 0.497 e. The standard InChI is InChI=1S/C19H17NO4S.2C4H6/c1-23-13-10-8-12(9-11-13)18(21)17-16(19(22)24-2)14-6-4-5-7-15(14)20(17)25-3;2*1-3-4-2/h4-11H,1-3H3;2*3-4H,1-2H2. The van der Waals surface area contributed by atoms with Crippen LogP contribution >= 0.6 is 11.9 Å². The van der Waals surface area contributed by atoms with Gasteiger partial charge in [-0.25, -0.2) is 4.79 Å². The molecule has 0 radical (unpaired) electrons. The minimum absolute atomic E-state index is 0.242. The second-order valence-corrected chi connectivity index (χ2v) is 6.94. The quantitative estimate of drug-likeness (QED) is 0.227. The Bertz CT molecular complexity index is 1100. The van der Waals surface area contributed by atoms with Crippen LogP contribution in [0.3, 0.4) is 0 Å². The summed E-state index contributed by atoms with van der Waals surface area (Å²) >= 11 is 1.37. The lowest BCUT2D eigenvalue weighted by atomic mass is 10.0. The third kappa shape index (κ3) is 6.85. The Kier molecular flexibility index (Phi) is 11.8. The van der Waals surface area contributed by atoms with Gasteiger partial charge in [-0.1, -0.05) is 68.8 Å². The molecule has 0 unspecified atom stereocenters. The zero-order valence-electron chi connectivity index (χ0n) is 19.2. The second kappa shape index (κ2) is 14.3. The van der Waals surface area contributed by atoms with Crippen molar-refractivity contribution >= 4 is 34.6 Å². The molecule has 0 saturated heterocycles. The fraction of sp³-hybridized carbons (Fsp3) is 0.111. The van der Waals surface area contributed by atoms with Gasteiger partial charge in [0.05, 0.1) is 25.3 Å². The van der Waals surface area contributed by atoms with Gasteiger partial charge < -0.3 is 9.47 Å². The fourth-order valence-electron chi connectivity index (χ4n) is 2.79. The van der Waals surface area contributed by atoms with E-state index in [0.29, 0.717) is 22.4 Å². The Morgan fingerprint density at radius 3 is 1.88 bits per heavy atom. The number of hydrogen-bond donors (Lipinski definition) is 0. The number of esters is 1. The van der Waals surface area contributed by atoms with Crippen LogP contribution in [-0.4, -0.2) is 36.2 Å². The normalized spacial score (nSPS) is 9.30. The van der Waals surface area contributed by atoms with Crippen molar-refractivity contribution in [2.75, 3.05) is 20.5 Å². The molecule has 6 heteroatoms. The van der Waals surface area contributed by atoms with E-state index in [0.717, 1.165) is 5.52 Å². The SMILES string of the molecule is C=CC=C.C=CC=C.COC(=O)c1c(C(=O)c2ccc(OC)cc2)n(SC)c2ccccc12. The number of rotatable bonds is 7. The van der Waals surface area contributed by atoms with E-state index in [9.17, 15) is 9.59 Å². The second-order valence-electron chi connectivity index (χ2n) is 6.21.